The lowest BCUT2D eigenvalue weighted by molar-refractivity contribution is 0.581. The molecule has 0 aromatic heterocycles. The van der Waals surface area contributed by atoms with Gasteiger partial charge in [0.05, 0.1) is 11.4 Å². The highest BCUT2D eigenvalue weighted by Crippen LogP contribution is 2.28. The quantitative estimate of drug-likeness (QED) is 0.204. The van der Waals surface area contributed by atoms with Crippen molar-refractivity contribution in [3.8, 4) is 22.3 Å². The normalized spacial score (nSPS) is 13.1. The van der Waals surface area contributed by atoms with E-state index < -0.39 is 0 Å². The van der Waals surface area contributed by atoms with Crippen molar-refractivity contribution < 1.29 is 0 Å². The van der Waals surface area contributed by atoms with Crippen molar-refractivity contribution in [2.75, 3.05) is 0 Å². The summed E-state index contributed by atoms with van der Waals surface area (Å²) in [6, 6.07) is 38.2. The van der Waals surface area contributed by atoms with Gasteiger partial charge in [-0.3, -0.25) is 0 Å². The maximum absolute atomic E-state index is 4.90. The first kappa shape index (κ1) is 25.3. The van der Waals surface area contributed by atoms with E-state index in [0.29, 0.717) is 0 Å². The van der Waals surface area contributed by atoms with E-state index in [1.165, 1.54) is 22.3 Å². The van der Waals surface area contributed by atoms with Gasteiger partial charge in [0.1, 0.15) is 0 Å². The predicted octanol–water partition coefficient (Wildman–Crippen LogP) is 9.31. The Morgan fingerprint density at radius 2 is 0.667 bits per heavy atom. The average molecular weight is 473 g/mol. The Morgan fingerprint density at radius 1 is 0.389 bits per heavy atom. The number of rotatable bonds is 5. The lowest BCUT2D eigenvalue weighted by Gasteiger charge is -2.23. The van der Waals surface area contributed by atoms with Crippen molar-refractivity contribution in [3.05, 3.63) is 120 Å². The van der Waals surface area contributed by atoms with Crippen molar-refractivity contribution in [1.29, 1.82) is 0 Å². The topological polar surface area (TPSA) is 24.7 Å². The number of hydrogen-bond donors (Lipinski definition) is 0. The van der Waals surface area contributed by atoms with Crippen molar-refractivity contribution in [2.45, 2.75) is 41.5 Å². The van der Waals surface area contributed by atoms with Gasteiger partial charge < -0.3 is 0 Å². The highest BCUT2D eigenvalue weighted by atomic mass is 15.2. The van der Waals surface area contributed by atoms with Crippen LogP contribution in [0.4, 0.5) is 0 Å². The summed E-state index contributed by atoms with van der Waals surface area (Å²) < 4.78 is 0. The molecule has 0 bridgehead atoms. The Balaban J connectivity index is 1.71. The summed E-state index contributed by atoms with van der Waals surface area (Å²) in [6.07, 6.45) is 0. The molecule has 0 heterocycles. The third-order valence-electron chi connectivity index (χ3n) is 6.20. The van der Waals surface area contributed by atoms with E-state index in [0.717, 1.165) is 22.6 Å². The molecule has 0 amide bonds. The van der Waals surface area contributed by atoms with E-state index in [-0.39, 0.29) is 10.8 Å². The fourth-order valence-electron chi connectivity index (χ4n) is 4.28. The molecule has 2 nitrogen and oxygen atoms in total. The Hall–Kier alpha value is -3.78. The van der Waals surface area contributed by atoms with E-state index in [1.54, 1.807) is 0 Å². The fraction of sp³-hybridized carbons (Fsp3) is 0.235. The van der Waals surface area contributed by atoms with Crippen LogP contribution in [0.15, 0.2) is 119 Å². The van der Waals surface area contributed by atoms with Gasteiger partial charge in [0.2, 0.25) is 0 Å². The molecule has 0 unspecified atom stereocenters. The molecule has 0 aliphatic heterocycles. The van der Waals surface area contributed by atoms with E-state index >= 15 is 0 Å². The first-order chi connectivity index (χ1) is 17.1. The van der Waals surface area contributed by atoms with Crippen molar-refractivity contribution in [1.82, 2.24) is 0 Å². The van der Waals surface area contributed by atoms with E-state index in [9.17, 15) is 0 Å². The van der Waals surface area contributed by atoms with Crippen LogP contribution in [0.3, 0.4) is 0 Å². The zero-order chi connectivity index (χ0) is 25.8. The Labute approximate surface area is 216 Å². The summed E-state index contributed by atoms with van der Waals surface area (Å²) in [6.45, 7) is 13.2. The molecule has 0 aliphatic carbocycles. The van der Waals surface area contributed by atoms with Gasteiger partial charge in [-0.1, -0.05) is 151 Å². The number of benzene rings is 4. The lowest BCUT2D eigenvalue weighted by atomic mass is 9.84. The van der Waals surface area contributed by atoms with E-state index in [1.807, 2.05) is 12.1 Å². The molecule has 0 saturated heterocycles. The minimum atomic E-state index is -0.155. The summed E-state index contributed by atoms with van der Waals surface area (Å²) in [7, 11) is 0. The van der Waals surface area contributed by atoms with Crippen LogP contribution < -0.4 is 0 Å². The van der Waals surface area contributed by atoms with Crippen LogP contribution in [0, 0.1) is 10.8 Å². The van der Waals surface area contributed by atoms with Gasteiger partial charge in [-0.25, -0.2) is 0 Å². The molecule has 0 aliphatic rings. The summed E-state index contributed by atoms with van der Waals surface area (Å²) in [5.41, 5.74) is 8.66. The minimum absolute atomic E-state index is 0.155. The van der Waals surface area contributed by atoms with Gasteiger partial charge in [0.25, 0.3) is 0 Å². The van der Waals surface area contributed by atoms with Crippen LogP contribution in [0.5, 0.6) is 0 Å². The van der Waals surface area contributed by atoms with Gasteiger partial charge in [-0.05, 0) is 33.4 Å². The smallest absolute Gasteiger partial charge is 0.0756 e. The summed E-state index contributed by atoms with van der Waals surface area (Å²) in [4.78, 5) is 0. The summed E-state index contributed by atoms with van der Waals surface area (Å²) in [5.74, 6) is 0. The van der Waals surface area contributed by atoms with Crippen LogP contribution in [-0.2, 0) is 0 Å². The maximum atomic E-state index is 4.90. The van der Waals surface area contributed by atoms with E-state index in [4.69, 9.17) is 10.2 Å². The van der Waals surface area contributed by atoms with Gasteiger partial charge in [-0.15, -0.1) is 0 Å². The first-order valence-electron chi connectivity index (χ1n) is 12.6. The molecule has 0 saturated carbocycles. The molecule has 182 valence electrons. The maximum Gasteiger partial charge on any atom is 0.0756 e. The molecular weight excluding hydrogens is 436 g/mol. The van der Waals surface area contributed by atoms with Gasteiger partial charge >= 0.3 is 0 Å². The summed E-state index contributed by atoms with van der Waals surface area (Å²) in [5, 5.41) is 9.79. The van der Waals surface area contributed by atoms with Gasteiger partial charge in [-0.2, -0.15) is 10.2 Å². The third-order valence-corrected chi connectivity index (χ3v) is 6.20. The standard InChI is InChI=1S/C34H36N2/c1-33(2,3)31(29-21-17-27(18-22-29)25-13-9-7-10-14-25)35-36-32(34(4,5)6)30-23-19-28(20-24-30)26-15-11-8-12-16-26/h7-24H,1-6H3/b35-31+,36-32+. The molecule has 0 atom stereocenters. The predicted molar refractivity (Wildman–Crippen MR) is 156 cm³/mol. The van der Waals surface area contributed by atoms with Crippen LogP contribution >= 0.6 is 0 Å². The highest BCUT2D eigenvalue weighted by Gasteiger charge is 2.24. The molecule has 2 heteroatoms. The minimum Gasteiger partial charge on any atom is -0.154 e. The molecule has 36 heavy (non-hydrogen) atoms. The molecule has 0 N–H and O–H groups in total. The zero-order valence-corrected chi connectivity index (χ0v) is 22.3. The third kappa shape index (κ3) is 6.07. The molecule has 4 aromatic rings. The Morgan fingerprint density at radius 3 is 0.944 bits per heavy atom. The van der Waals surface area contributed by atoms with Gasteiger partial charge in [0, 0.05) is 10.8 Å². The van der Waals surface area contributed by atoms with Crippen LogP contribution in [0.1, 0.15) is 52.7 Å². The van der Waals surface area contributed by atoms with E-state index in [2.05, 4.69) is 139 Å². The van der Waals surface area contributed by atoms with Crippen LogP contribution in [0.25, 0.3) is 22.3 Å². The lowest BCUT2D eigenvalue weighted by Crippen LogP contribution is -2.24. The molecular formula is C34H36N2. The van der Waals surface area contributed by atoms with Gasteiger partial charge in [0.15, 0.2) is 0 Å². The summed E-state index contributed by atoms with van der Waals surface area (Å²) >= 11 is 0. The molecule has 0 radical (unpaired) electrons. The SMILES string of the molecule is CC(C)(C)/C(=N/N=C(\c1ccc(-c2ccccc2)cc1)C(C)(C)C)c1ccc(-c2ccccc2)cc1. The van der Waals surface area contributed by atoms with Crippen molar-refractivity contribution in [3.63, 3.8) is 0 Å². The van der Waals surface area contributed by atoms with Crippen LogP contribution in [-0.4, -0.2) is 11.4 Å². The fourth-order valence-corrected chi connectivity index (χ4v) is 4.28. The second-order valence-electron chi connectivity index (χ2n) is 11.3. The Bertz CT molecular complexity index is 1220. The van der Waals surface area contributed by atoms with Crippen LogP contribution in [0.2, 0.25) is 0 Å². The highest BCUT2D eigenvalue weighted by molar-refractivity contribution is 6.07. The van der Waals surface area contributed by atoms with Crippen molar-refractivity contribution >= 4 is 11.4 Å². The molecule has 4 rings (SSSR count). The monoisotopic (exact) mass is 472 g/mol. The second-order valence-corrected chi connectivity index (χ2v) is 11.3. The number of nitrogens with zero attached hydrogens (tertiary/aromatic N) is 2. The largest absolute Gasteiger partial charge is 0.154 e. The molecule has 0 fully saturated rings. The second kappa shape index (κ2) is 10.5. The zero-order valence-electron chi connectivity index (χ0n) is 22.3. The van der Waals surface area contributed by atoms with Crippen molar-refractivity contribution in [2.24, 2.45) is 21.0 Å². The molecule has 4 aromatic carbocycles. The number of hydrogen-bond acceptors (Lipinski definition) is 2. The average Bonchev–Trinajstić information content (AvgIpc) is 2.87. The Kier molecular flexibility index (Phi) is 7.35. The molecule has 0 spiro atoms. The first-order valence-corrected chi connectivity index (χ1v) is 12.6.